The van der Waals surface area contributed by atoms with Crippen molar-refractivity contribution in [3.05, 3.63) is 11.4 Å². The predicted octanol–water partition coefficient (Wildman–Crippen LogP) is 3.44. The summed E-state index contributed by atoms with van der Waals surface area (Å²) < 4.78 is 15.8. The summed E-state index contributed by atoms with van der Waals surface area (Å²) >= 11 is 1.16. The average molecular weight is 328 g/mol. The molecule has 1 saturated carbocycles. The third-order valence-electron chi connectivity index (χ3n) is 4.18. The number of ether oxygens (including phenoxy) is 3. The van der Waals surface area contributed by atoms with Gasteiger partial charge < -0.3 is 14.2 Å². The van der Waals surface area contributed by atoms with E-state index in [0.717, 1.165) is 24.6 Å². The highest BCUT2D eigenvalue weighted by Gasteiger charge is 2.37. The maximum Gasteiger partial charge on any atom is 0.358 e. The molecule has 5 nitrogen and oxygen atoms in total. The van der Waals surface area contributed by atoms with Crippen LogP contribution in [0.1, 0.15) is 47.0 Å². The lowest BCUT2D eigenvalue weighted by Gasteiger charge is -2.36. The van der Waals surface area contributed by atoms with Crippen molar-refractivity contribution in [3.63, 3.8) is 0 Å². The van der Waals surface area contributed by atoms with E-state index in [0.29, 0.717) is 17.8 Å². The summed E-state index contributed by atoms with van der Waals surface area (Å²) in [6.45, 7) is 7.82. The molecule has 0 saturated heterocycles. The van der Waals surface area contributed by atoms with E-state index >= 15 is 0 Å². The highest BCUT2D eigenvalue weighted by Crippen LogP contribution is 2.37. The third kappa shape index (κ3) is 4.41. The number of thioether (sulfide) groups is 1. The molecule has 0 radical (unpaired) electrons. The van der Waals surface area contributed by atoms with Gasteiger partial charge in [-0.2, -0.15) is 0 Å². The predicted molar refractivity (Wildman–Crippen MR) is 83.5 cm³/mol. The smallest absolute Gasteiger partial charge is 0.358 e. The summed E-state index contributed by atoms with van der Waals surface area (Å²) in [5, 5.41) is 1.52. The Morgan fingerprint density at radius 3 is 2.73 bits per heavy atom. The maximum absolute atomic E-state index is 12.3. The lowest BCUT2D eigenvalue weighted by molar-refractivity contribution is -0.165. The first kappa shape index (κ1) is 17.2. The molecule has 1 unspecified atom stereocenters. The van der Waals surface area contributed by atoms with Crippen molar-refractivity contribution in [2.24, 2.45) is 17.8 Å². The van der Waals surface area contributed by atoms with Gasteiger partial charge in [-0.3, -0.25) is 4.79 Å². The number of hydrogen-bond acceptors (Lipinski definition) is 6. The number of carbonyl (C=O) groups excluding carboxylic acids is 2. The van der Waals surface area contributed by atoms with E-state index in [1.165, 1.54) is 18.8 Å². The van der Waals surface area contributed by atoms with E-state index < -0.39 is 17.4 Å². The maximum atomic E-state index is 12.3. The second-order valence-corrected chi connectivity index (χ2v) is 7.35. The molecule has 2 aliphatic rings. The molecule has 124 valence electrons. The average Bonchev–Trinajstić information content (AvgIpc) is 2.86. The Balaban J connectivity index is 1.89. The van der Waals surface area contributed by atoms with Crippen molar-refractivity contribution in [2.75, 3.05) is 0 Å². The van der Waals surface area contributed by atoms with E-state index in [2.05, 4.69) is 20.8 Å². The summed E-state index contributed by atoms with van der Waals surface area (Å²) in [7, 11) is 0. The summed E-state index contributed by atoms with van der Waals surface area (Å²) in [5.74, 6) is 0.649. The van der Waals surface area contributed by atoms with Crippen LogP contribution in [0.25, 0.3) is 0 Å². The molecule has 0 aromatic heterocycles. The molecule has 0 bridgehead atoms. The third-order valence-corrected chi connectivity index (χ3v) is 5.04. The van der Waals surface area contributed by atoms with E-state index in [9.17, 15) is 9.59 Å². The molecular formula is C16H24O5S. The van der Waals surface area contributed by atoms with E-state index in [4.69, 9.17) is 14.2 Å². The van der Waals surface area contributed by atoms with Gasteiger partial charge in [-0.1, -0.05) is 39.0 Å². The first-order chi connectivity index (χ1) is 10.4. The van der Waals surface area contributed by atoms with Gasteiger partial charge in [0, 0.05) is 6.92 Å². The number of rotatable bonds is 4. The normalized spacial score (nSPS) is 31.4. The number of hydrogen-bond donors (Lipinski definition) is 0. The van der Waals surface area contributed by atoms with Crippen molar-refractivity contribution in [2.45, 2.75) is 58.5 Å². The zero-order valence-electron chi connectivity index (χ0n) is 13.5. The van der Waals surface area contributed by atoms with Gasteiger partial charge in [0.25, 0.3) is 5.95 Å². The van der Waals surface area contributed by atoms with Gasteiger partial charge in [0.2, 0.25) is 5.44 Å². The molecule has 1 heterocycles. The molecule has 0 amide bonds. The van der Waals surface area contributed by atoms with Crippen LogP contribution in [0, 0.1) is 17.8 Å². The fourth-order valence-corrected chi connectivity index (χ4v) is 3.68. The van der Waals surface area contributed by atoms with E-state index in [-0.39, 0.29) is 12.0 Å². The number of carbonyl (C=O) groups is 2. The fourth-order valence-electron chi connectivity index (χ4n) is 3.03. The van der Waals surface area contributed by atoms with Crippen LogP contribution in [0.15, 0.2) is 11.4 Å². The molecule has 1 aliphatic carbocycles. The molecule has 6 heteroatoms. The minimum absolute atomic E-state index is 0.0572. The van der Waals surface area contributed by atoms with Crippen molar-refractivity contribution in [1.29, 1.82) is 0 Å². The van der Waals surface area contributed by atoms with Gasteiger partial charge in [-0.25, -0.2) is 4.79 Å². The van der Waals surface area contributed by atoms with Gasteiger partial charge in [0.1, 0.15) is 6.10 Å². The monoisotopic (exact) mass is 328 g/mol. The molecule has 1 aliphatic heterocycles. The van der Waals surface area contributed by atoms with Gasteiger partial charge in [0.05, 0.1) is 5.41 Å². The zero-order chi connectivity index (χ0) is 16.3. The molecule has 0 aromatic rings. The van der Waals surface area contributed by atoms with Crippen molar-refractivity contribution in [1.82, 2.24) is 0 Å². The Bertz CT molecular complexity index is 459. The van der Waals surface area contributed by atoms with Crippen LogP contribution >= 0.6 is 11.8 Å². The molecule has 0 spiro atoms. The highest BCUT2D eigenvalue weighted by atomic mass is 32.2. The van der Waals surface area contributed by atoms with Crippen molar-refractivity contribution in [3.8, 4) is 0 Å². The Kier molecular flexibility index (Phi) is 5.78. The van der Waals surface area contributed by atoms with Gasteiger partial charge in [-0.05, 0) is 30.6 Å². The first-order valence-corrected chi connectivity index (χ1v) is 8.72. The molecular weight excluding hydrogens is 304 g/mol. The Hall–Kier alpha value is -1.17. The summed E-state index contributed by atoms with van der Waals surface area (Å²) in [5.41, 5.74) is -0.778. The Morgan fingerprint density at radius 2 is 2.09 bits per heavy atom. The van der Waals surface area contributed by atoms with Crippen LogP contribution in [-0.2, 0) is 23.8 Å². The lowest BCUT2D eigenvalue weighted by atomic mass is 9.75. The highest BCUT2D eigenvalue weighted by molar-refractivity contribution is 8.03. The summed E-state index contributed by atoms with van der Waals surface area (Å²) in [4.78, 5) is 23.2. The largest absolute Gasteiger partial charge is 0.459 e. The van der Waals surface area contributed by atoms with Crippen molar-refractivity contribution < 1.29 is 23.8 Å². The van der Waals surface area contributed by atoms with Gasteiger partial charge in [0.15, 0.2) is 0 Å². The van der Waals surface area contributed by atoms with Crippen LogP contribution in [-0.4, -0.2) is 23.5 Å². The molecule has 1 fully saturated rings. The fraction of sp³-hybridized carbons (Fsp3) is 0.750. The minimum Gasteiger partial charge on any atom is -0.459 e. The lowest BCUT2D eigenvalue weighted by Crippen LogP contribution is -2.38. The summed E-state index contributed by atoms with van der Waals surface area (Å²) in [6, 6.07) is 0. The molecule has 0 aromatic carbocycles. The molecule has 0 N–H and O–H groups in total. The van der Waals surface area contributed by atoms with Gasteiger partial charge >= 0.3 is 11.9 Å². The van der Waals surface area contributed by atoms with Crippen LogP contribution in [0.3, 0.4) is 0 Å². The topological polar surface area (TPSA) is 61.8 Å². The quantitative estimate of drug-likeness (QED) is 0.737. The van der Waals surface area contributed by atoms with Crippen LogP contribution < -0.4 is 0 Å². The minimum atomic E-state index is -0.778. The summed E-state index contributed by atoms with van der Waals surface area (Å²) in [6.07, 6.45) is 3.12. The Morgan fingerprint density at radius 1 is 1.36 bits per heavy atom. The zero-order valence-corrected chi connectivity index (χ0v) is 14.4. The second-order valence-electron chi connectivity index (χ2n) is 6.42. The van der Waals surface area contributed by atoms with Gasteiger partial charge in [-0.15, -0.1) is 0 Å². The molecule has 4 atom stereocenters. The van der Waals surface area contributed by atoms with E-state index in [1.54, 1.807) is 0 Å². The SMILES string of the molecule is CC(=O)OC1=CSC(C(=O)O[C@@H]2C[C@H](C)CC[C@H]2C(C)C)O1. The van der Waals surface area contributed by atoms with E-state index in [1.807, 2.05) is 0 Å². The first-order valence-electron chi connectivity index (χ1n) is 7.78. The molecule has 22 heavy (non-hydrogen) atoms. The standard InChI is InChI=1S/C16H24O5S/c1-9(2)12-6-5-10(3)7-13(12)20-15(18)16-21-14(8-22-16)19-11(4)17/h8-10,12-13,16H,5-7H2,1-4H3/t10-,12+,13-,16?/m1/s1. The van der Waals surface area contributed by atoms with Crippen LogP contribution in [0.5, 0.6) is 0 Å². The van der Waals surface area contributed by atoms with Crippen molar-refractivity contribution >= 4 is 23.7 Å². The second kappa shape index (κ2) is 7.40. The molecule has 2 rings (SSSR count). The van der Waals surface area contributed by atoms with Crippen LogP contribution in [0.2, 0.25) is 0 Å². The number of esters is 2. The Labute approximate surface area is 135 Å². The van der Waals surface area contributed by atoms with Crippen LogP contribution in [0.4, 0.5) is 0 Å².